The van der Waals surface area contributed by atoms with Crippen LogP contribution in [0.2, 0.25) is 5.02 Å². The molecule has 1 heterocycles. The lowest BCUT2D eigenvalue weighted by atomic mass is 10.1. The summed E-state index contributed by atoms with van der Waals surface area (Å²) in [5, 5.41) is 3.45. The van der Waals surface area contributed by atoms with Crippen molar-refractivity contribution in [3.8, 4) is 5.75 Å². The molecule has 0 radical (unpaired) electrons. The molecule has 0 saturated carbocycles. The zero-order valence-electron chi connectivity index (χ0n) is 18.2. The summed E-state index contributed by atoms with van der Waals surface area (Å²) in [6, 6.07) is 18.3. The Kier molecular flexibility index (Phi) is 6.94. The largest absolute Gasteiger partial charge is 0.480 e. The lowest BCUT2D eigenvalue weighted by molar-refractivity contribution is -0.138. The van der Waals surface area contributed by atoms with Crippen molar-refractivity contribution >= 4 is 29.1 Å². The molecule has 1 aliphatic heterocycles. The molecule has 2 amide bonds. The smallest absolute Gasteiger partial charge is 0.263 e. The summed E-state index contributed by atoms with van der Waals surface area (Å²) >= 11 is 5.90. The topological polar surface area (TPSA) is 58.6 Å². The number of amides is 2. The highest BCUT2D eigenvalue weighted by Crippen LogP contribution is 2.30. The zero-order chi connectivity index (χ0) is 23.4. The lowest BCUT2D eigenvalue weighted by Crippen LogP contribution is -2.40. The van der Waals surface area contributed by atoms with Crippen LogP contribution in [0.1, 0.15) is 34.8 Å². The van der Waals surface area contributed by atoms with Crippen LogP contribution in [-0.2, 0) is 17.8 Å². The quantitative estimate of drug-likeness (QED) is 0.523. The van der Waals surface area contributed by atoms with Gasteiger partial charge in [-0.05, 0) is 73.0 Å². The highest BCUT2D eigenvalue weighted by atomic mass is 35.5. The first-order valence-electron chi connectivity index (χ1n) is 10.8. The van der Waals surface area contributed by atoms with Gasteiger partial charge in [0.15, 0.2) is 6.10 Å². The maximum atomic E-state index is 13.2. The predicted molar refractivity (Wildman–Crippen MR) is 126 cm³/mol. The maximum Gasteiger partial charge on any atom is 0.263 e. The standard InChI is InChI=1S/C26H24ClFN2O3/c1-2-23-26(32)30(14-13-17-3-9-21(28)10-4-17)16-19-15-22(11-12-24(19)33-23)29-25(31)18-5-7-20(27)8-6-18/h3-12,15,23H,2,13-14,16H2,1H3,(H,29,31). The Morgan fingerprint density at radius 1 is 1.12 bits per heavy atom. The molecule has 170 valence electrons. The fraction of sp³-hybridized carbons (Fsp3) is 0.231. The van der Waals surface area contributed by atoms with E-state index in [-0.39, 0.29) is 17.6 Å². The molecular formula is C26H24ClFN2O3. The summed E-state index contributed by atoms with van der Waals surface area (Å²) in [5.41, 5.74) is 2.87. The summed E-state index contributed by atoms with van der Waals surface area (Å²) < 4.78 is 19.2. The Morgan fingerprint density at radius 2 is 1.85 bits per heavy atom. The number of nitrogens with zero attached hydrogens (tertiary/aromatic N) is 1. The number of anilines is 1. The Balaban J connectivity index is 1.52. The van der Waals surface area contributed by atoms with Crippen LogP contribution in [0, 0.1) is 5.82 Å². The minimum atomic E-state index is -0.575. The normalized spacial score (nSPS) is 15.4. The first-order valence-corrected chi connectivity index (χ1v) is 11.2. The van der Waals surface area contributed by atoms with E-state index in [2.05, 4.69) is 5.32 Å². The molecule has 1 N–H and O–H groups in total. The third kappa shape index (κ3) is 5.52. The van der Waals surface area contributed by atoms with Crippen LogP contribution >= 0.6 is 11.6 Å². The van der Waals surface area contributed by atoms with Crippen LogP contribution in [0.15, 0.2) is 66.7 Å². The highest BCUT2D eigenvalue weighted by Gasteiger charge is 2.29. The molecule has 0 spiro atoms. The van der Waals surface area contributed by atoms with Crippen molar-refractivity contribution in [3.63, 3.8) is 0 Å². The predicted octanol–water partition coefficient (Wildman–Crippen LogP) is 5.47. The van der Waals surface area contributed by atoms with Crippen molar-refractivity contribution in [3.05, 3.63) is 94.3 Å². The Labute approximate surface area is 197 Å². The molecule has 5 nitrogen and oxygen atoms in total. The fourth-order valence-electron chi connectivity index (χ4n) is 3.75. The molecule has 1 unspecified atom stereocenters. The van der Waals surface area contributed by atoms with E-state index < -0.39 is 6.10 Å². The average molecular weight is 467 g/mol. The summed E-state index contributed by atoms with van der Waals surface area (Å²) in [6.07, 6.45) is 0.569. The van der Waals surface area contributed by atoms with Crippen molar-refractivity contribution in [1.82, 2.24) is 4.90 Å². The van der Waals surface area contributed by atoms with Gasteiger partial charge in [-0.3, -0.25) is 9.59 Å². The van der Waals surface area contributed by atoms with Crippen molar-refractivity contribution in [2.45, 2.75) is 32.4 Å². The molecule has 3 aromatic rings. The fourth-order valence-corrected chi connectivity index (χ4v) is 3.88. The molecule has 0 aliphatic carbocycles. The minimum absolute atomic E-state index is 0.0810. The van der Waals surface area contributed by atoms with Gasteiger partial charge < -0.3 is 15.0 Å². The number of fused-ring (bicyclic) bond motifs is 1. The summed E-state index contributed by atoms with van der Waals surface area (Å²) in [6.45, 7) is 2.74. The van der Waals surface area contributed by atoms with Gasteiger partial charge in [-0.2, -0.15) is 0 Å². The molecule has 0 aromatic heterocycles. The monoisotopic (exact) mass is 466 g/mol. The average Bonchev–Trinajstić information content (AvgIpc) is 2.95. The molecular weight excluding hydrogens is 443 g/mol. The Bertz CT molecular complexity index is 1150. The molecule has 0 bridgehead atoms. The van der Waals surface area contributed by atoms with Crippen LogP contribution in [-0.4, -0.2) is 29.4 Å². The molecule has 7 heteroatoms. The summed E-state index contributed by atoms with van der Waals surface area (Å²) in [4.78, 5) is 27.4. The third-order valence-corrected chi connectivity index (χ3v) is 5.85. The number of hydrogen-bond donors (Lipinski definition) is 1. The second kappa shape index (κ2) is 10.0. The molecule has 33 heavy (non-hydrogen) atoms. The van der Waals surface area contributed by atoms with Crippen LogP contribution in [0.3, 0.4) is 0 Å². The maximum absolute atomic E-state index is 13.2. The van der Waals surface area contributed by atoms with Gasteiger partial charge in [-0.25, -0.2) is 4.39 Å². The van der Waals surface area contributed by atoms with Crippen molar-refractivity contribution < 1.29 is 18.7 Å². The van der Waals surface area contributed by atoms with Gasteiger partial charge in [0.1, 0.15) is 11.6 Å². The molecule has 4 rings (SSSR count). The molecule has 0 fully saturated rings. The number of nitrogens with one attached hydrogen (secondary N) is 1. The number of ether oxygens (including phenoxy) is 1. The molecule has 1 aliphatic rings. The van der Waals surface area contributed by atoms with Crippen molar-refractivity contribution in [2.24, 2.45) is 0 Å². The minimum Gasteiger partial charge on any atom is -0.480 e. The van der Waals surface area contributed by atoms with Gasteiger partial charge in [0.2, 0.25) is 0 Å². The molecule has 1 atom stereocenters. The van der Waals surface area contributed by atoms with E-state index in [1.54, 1.807) is 53.4 Å². The van der Waals surface area contributed by atoms with Gasteiger partial charge in [0, 0.05) is 34.9 Å². The summed E-state index contributed by atoms with van der Waals surface area (Å²) in [5.74, 6) is 0.00881. The van der Waals surface area contributed by atoms with Crippen molar-refractivity contribution in [2.75, 3.05) is 11.9 Å². The zero-order valence-corrected chi connectivity index (χ0v) is 18.9. The molecule has 0 saturated heterocycles. The number of rotatable bonds is 6. The van der Waals surface area contributed by atoms with E-state index in [0.29, 0.717) is 48.0 Å². The van der Waals surface area contributed by atoms with Crippen LogP contribution in [0.4, 0.5) is 10.1 Å². The van der Waals surface area contributed by atoms with E-state index >= 15 is 0 Å². The van der Waals surface area contributed by atoms with Gasteiger partial charge >= 0.3 is 0 Å². The second-order valence-corrected chi connectivity index (χ2v) is 8.37. The lowest BCUT2D eigenvalue weighted by Gasteiger charge is -2.23. The number of halogens is 2. The first kappa shape index (κ1) is 22.8. The number of carbonyl (C=O) groups excluding carboxylic acids is 2. The van der Waals surface area contributed by atoms with Gasteiger partial charge in [0.25, 0.3) is 11.8 Å². The molecule has 3 aromatic carbocycles. The van der Waals surface area contributed by atoms with Crippen LogP contribution in [0.25, 0.3) is 0 Å². The van der Waals surface area contributed by atoms with Gasteiger partial charge in [-0.15, -0.1) is 0 Å². The second-order valence-electron chi connectivity index (χ2n) is 7.93. The number of benzene rings is 3. The van der Waals surface area contributed by atoms with Crippen LogP contribution in [0.5, 0.6) is 5.75 Å². The van der Waals surface area contributed by atoms with Gasteiger partial charge in [0.05, 0.1) is 0 Å². The van der Waals surface area contributed by atoms with Crippen LogP contribution < -0.4 is 10.1 Å². The van der Waals surface area contributed by atoms with E-state index in [9.17, 15) is 14.0 Å². The highest BCUT2D eigenvalue weighted by molar-refractivity contribution is 6.30. The van der Waals surface area contributed by atoms with E-state index in [1.807, 2.05) is 13.0 Å². The number of hydrogen-bond acceptors (Lipinski definition) is 3. The van der Waals surface area contributed by atoms with E-state index in [1.165, 1.54) is 12.1 Å². The van der Waals surface area contributed by atoms with Gasteiger partial charge in [-0.1, -0.05) is 30.7 Å². The SMILES string of the molecule is CCC1Oc2ccc(NC(=O)c3ccc(Cl)cc3)cc2CN(CCc2ccc(F)cc2)C1=O. The Morgan fingerprint density at radius 3 is 2.55 bits per heavy atom. The summed E-state index contributed by atoms with van der Waals surface area (Å²) in [7, 11) is 0. The van der Waals surface area contributed by atoms with E-state index in [4.69, 9.17) is 16.3 Å². The third-order valence-electron chi connectivity index (χ3n) is 5.60. The first-order chi connectivity index (χ1) is 15.9. The van der Waals surface area contributed by atoms with Crippen molar-refractivity contribution in [1.29, 1.82) is 0 Å². The Hall–Kier alpha value is -3.38. The van der Waals surface area contributed by atoms with E-state index in [0.717, 1.165) is 11.1 Å². The number of carbonyl (C=O) groups is 2.